The molecule has 1 atom stereocenters. The third-order valence-corrected chi connectivity index (χ3v) is 3.55. The standard InChI is InChI=1S/C16H17N5O/c1-10(11-6-4-3-5-7-11)20-14-12-8-13(16(22)17-2)21-15(12)19-9-18-14/h3-10H,1-2H3,(H,17,22)(H2,18,19,20,21)/t10-/m1/s1. The highest BCUT2D eigenvalue weighted by Gasteiger charge is 2.14. The molecule has 0 saturated heterocycles. The van der Waals surface area contributed by atoms with Crippen molar-refractivity contribution in [1.29, 1.82) is 0 Å². The molecule has 0 aliphatic heterocycles. The van der Waals surface area contributed by atoms with Crippen LogP contribution in [-0.2, 0) is 0 Å². The van der Waals surface area contributed by atoms with Crippen molar-refractivity contribution in [2.45, 2.75) is 13.0 Å². The van der Waals surface area contributed by atoms with Gasteiger partial charge in [0.25, 0.3) is 5.91 Å². The minimum Gasteiger partial charge on any atom is -0.363 e. The summed E-state index contributed by atoms with van der Waals surface area (Å²) in [6.45, 7) is 2.07. The minimum absolute atomic E-state index is 0.0950. The largest absolute Gasteiger partial charge is 0.363 e. The number of benzene rings is 1. The summed E-state index contributed by atoms with van der Waals surface area (Å²) in [6, 6.07) is 12.0. The van der Waals surface area contributed by atoms with E-state index in [9.17, 15) is 4.79 Å². The molecule has 3 N–H and O–H groups in total. The summed E-state index contributed by atoms with van der Waals surface area (Å²) in [4.78, 5) is 23.2. The molecule has 0 radical (unpaired) electrons. The number of nitrogens with zero attached hydrogens (tertiary/aromatic N) is 2. The van der Waals surface area contributed by atoms with Gasteiger partial charge >= 0.3 is 0 Å². The molecule has 2 aromatic heterocycles. The van der Waals surface area contributed by atoms with Crippen molar-refractivity contribution in [2.75, 3.05) is 12.4 Å². The van der Waals surface area contributed by atoms with Crippen molar-refractivity contribution >= 4 is 22.8 Å². The highest BCUT2D eigenvalue weighted by atomic mass is 16.1. The second-order valence-electron chi connectivity index (χ2n) is 5.02. The van der Waals surface area contributed by atoms with E-state index in [1.807, 2.05) is 18.2 Å². The number of carbonyl (C=O) groups is 1. The van der Waals surface area contributed by atoms with E-state index in [2.05, 4.69) is 44.6 Å². The van der Waals surface area contributed by atoms with Gasteiger partial charge in [0.2, 0.25) is 0 Å². The second kappa shape index (κ2) is 5.85. The smallest absolute Gasteiger partial charge is 0.267 e. The molecule has 2 heterocycles. The molecule has 1 aromatic carbocycles. The Hall–Kier alpha value is -2.89. The maximum Gasteiger partial charge on any atom is 0.267 e. The van der Waals surface area contributed by atoms with Crippen LogP contribution in [0.5, 0.6) is 0 Å². The number of aromatic amines is 1. The molecule has 0 spiro atoms. The maximum absolute atomic E-state index is 11.7. The van der Waals surface area contributed by atoms with E-state index < -0.39 is 0 Å². The first-order valence-corrected chi connectivity index (χ1v) is 7.06. The van der Waals surface area contributed by atoms with Crippen molar-refractivity contribution in [3.05, 3.63) is 54.0 Å². The number of hydrogen-bond donors (Lipinski definition) is 3. The van der Waals surface area contributed by atoms with E-state index in [0.717, 1.165) is 10.9 Å². The van der Waals surface area contributed by atoms with Gasteiger partial charge in [0.15, 0.2) is 0 Å². The number of anilines is 1. The number of aromatic nitrogens is 3. The Balaban J connectivity index is 1.93. The Kier molecular flexibility index (Phi) is 3.74. The second-order valence-corrected chi connectivity index (χ2v) is 5.02. The van der Waals surface area contributed by atoms with E-state index in [0.29, 0.717) is 17.2 Å². The lowest BCUT2D eigenvalue weighted by Gasteiger charge is -2.15. The maximum atomic E-state index is 11.7. The molecular weight excluding hydrogens is 278 g/mol. The highest BCUT2D eigenvalue weighted by molar-refractivity contribution is 5.99. The highest BCUT2D eigenvalue weighted by Crippen LogP contribution is 2.24. The van der Waals surface area contributed by atoms with E-state index >= 15 is 0 Å². The number of H-pyrrole nitrogens is 1. The SMILES string of the molecule is CNC(=O)c1cc2c(N[C@H](C)c3ccccc3)ncnc2[nH]1. The number of nitrogens with one attached hydrogen (secondary N) is 3. The average Bonchev–Trinajstić information content (AvgIpc) is 3.00. The number of rotatable bonds is 4. The van der Waals surface area contributed by atoms with Crippen LogP contribution in [0.1, 0.15) is 29.0 Å². The average molecular weight is 295 g/mol. The van der Waals surface area contributed by atoms with Crippen molar-refractivity contribution in [3.8, 4) is 0 Å². The predicted octanol–water partition coefficient (Wildman–Crippen LogP) is 2.49. The Labute approximate surface area is 128 Å². The normalized spacial score (nSPS) is 12.1. The molecule has 22 heavy (non-hydrogen) atoms. The first-order chi connectivity index (χ1) is 10.7. The zero-order valence-electron chi connectivity index (χ0n) is 12.4. The third kappa shape index (κ3) is 2.63. The molecule has 1 amide bonds. The van der Waals surface area contributed by atoms with Crippen LogP contribution in [0.25, 0.3) is 11.0 Å². The van der Waals surface area contributed by atoms with E-state index in [1.165, 1.54) is 6.33 Å². The number of carbonyl (C=O) groups excluding carboxylic acids is 1. The summed E-state index contributed by atoms with van der Waals surface area (Å²) >= 11 is 0. The summed E-state index contributed by atoms with van der Waals surface area (Å²) in [5.41, 5.74) is 2.26. The fraction of sp³-hybridized carbons (Fsp3) is 0.188. The van der Waals surface area contributed by atoms with Crippen LogP contribution in [0.15, 0.2) is 42.7 Å². The lowest BCUT2D eigenvalue weighted by molar-refractivity contribution is 0.0959. The first kappa shape index (κ1) is 14.1. The number of amides is 1. The molecule has 6 heteroatoms. The van der Waals surface area contributed by atoms with Gasteiger partial charge in [-0.05, 0) is 18.6 Å². The Bertz CT molecular complexity index is 797. The van der Waals surface area contributed by atoms with Crippen molar-refractivity contribution in [1.82, 2.24) is 20.3 Å². The van der Waals surface area contributed by atoms with Crippen molar-refractivity contribution in [3.63, 3.8) is 0 Å². The van der Waals surface area contributed by atoms with Gasteiger partial charge in [-0.25, -0.2) is 9.97 Å². The minimum atomic E-state index is -0.181. The summed E-state index contributed by atoms with van der Waals surface area (Å²) in [6.07, 6.45) is 1.48. The number of hydrogen-bond acceptors (Lipinski definition) is 4. The monoisotopic (exact) mass is 295 g/mol. The Morgan fingerprint density at radius 3 is 2.73 bits per heavy atom. The van der Waals surface area contributed by atoms with Gasteiger partial charge in [0.05, 0.1) is 5.39 Å². The lowest BCUT2D eigenvalue weighted by Crippen LogP contribution is -2.17. The van der Waals surface area contributed by atoms with E-state index in [1.54, 1.807) is 13.1 Å². The van der Waals surface area contributed by atoms with Gasteiger partial charge < -0.3 is 15.6 Å². The van der Waals surface area contributed by atoms with Gasteiger partial charge in [0, 0.05) is 13.1 Å². The lowest BCUT2D eigenvalue weighted by atomic mass is 10.1. The molecular formula is C16H17N5O. The molecule has 3 aromatic rings. The van der Waals surface area contributed by atoms with Crippen LogP contribution < -0.4 is 10.6 Å². The van der Waals surface area contributed by atoms with Gasteiger partial charge in [0.1, 0.15) is 23.5 Å². The van der Waals surface area contributed by atoms with E-state index in [4.69, 9.17) is 0 Å². The molecule has 0 aliphatic carbocycles. The summed E-state index contributed by atoms with van der Waals surface area (Å²) in [5.74, 6) is 0.521. The molecule has 3 rings (SSSR count). The summed E-state index contributed by atoms with van der Waals surface area (Å²) < 4.78 is 0. The molecule has 0 unspecified atom stereocenters. The van der Waals surface area contributed by atoms with Crippen molar-refractivity contribution < 1.29 is 4.79 Å². The quantitative estimate of drug-likeness (QED) is 0.690. The fourth-order valence-corrected chi connectivity index (χ4v) is 2.34. The van der Waals surface area contributed by atoms with Gasteiger partial charge in [-0.15, -0.1) is 0 Å². The summed E-state index contributed by atoms with van der Waals surface area (Å²) in [7, 11) is 1.59. The number of fused-ring (bicyclic) bond motifs is 1. The van der Waals surface area contributed by atoms with Gasteiger partial charge in [-0.2, -0.15) is 0 Å². The van der Waals surface area contributed by atoms with Gasteiger partial charge in [-0.1, -0.05) is 30.3 Å². The van der Waals surface area contributed by atoms with Crippen LogP contribution in [-0.4, -0.2) is 27.9 Å². The van der Waals surface area contributed by atoms with E-state index in [-0.39, 0.29) is 11.9 Å². The molecule has 0 aliphatic rings. The Morgan fingerprint density at radius 1 is 1.23 bits per heavy atom. The van der Waals surface area contributed by atoms with Crippen molar-refractivity contribution in [2.24, 2.45) is 0 Å². The topological polar surface area (TPSA) is 82.7 Å². The van der Waals surface area contributed by atoms with Crippen LogP contribution in [0.4, 0.5) is 5.82 Å². The van der Waals surface area contributed by atoms with Crippen LogP contribution in [0.2, 0.25) is 0 Å². The summed E-state index contributed by atoms with van der Waals surface area (Å²) in [5, 5.41) is 6.75. The zero-order valence-corrected chi connectivity index (χ0v) is 12.4. The Morgan fingerprint density at radius 2 is 2.00 bits per heavy atom. The van der Waals surface area contributed by atoms with Crippen LogP contribution in [0, 0.1) is 0 Å². The third-order valence-electron chi connectivity index (χ3n) is 3.55. The van der Waals surface area contributed by atoms with Gasteiger partial charge in [-0.3, -0.25) is 4.79 Å². The van der Waals surface area contributed by atoms with Crippen LogP contribution >= 0.6 is 0 Å². The molecule has 6 nitrogen and oxygen atoms in total. The molecule has 0 fully saturated rings. The molecule has 0 bridgehead atoms. The first-order valence-electron chi connectivity index (χ1n) is 7.06. The zero-order chi connectivity index (χ0) is 15.5. The molecule has 0 saturated carbocycles. The van der Waals surface area contributed by atoms with Crippen LogP contribution in [0.3, 0.4) is 0 Å². The predicted molar refractivity (Wildman–Crippen MR) is 85.8 cm³/mol. The molecule has 112 valence electrons. The fourth-order valence-electron chi connectivity index (χ4n) is 2.34.